The number of hydrogen-bond acceptors (Lipinski definition) is 5. The van der Waals surface area contributed by atoms with Crippen molar-refractivity contribution >= 4 is 21.2 Å². The van der Waals surface area contributed by atoms with Gasteiger partial charge in [-0.3, -0.25) is 0 Å². The number of nitriles is 1. The lowest BCUT2D eigenvalue weighted by molar-refractivity contribution is 0.596. The molecule has 0 amide bonds. The van der Waals surface area contributed by atoms with Crippen LogP contribution in [0, 0.1) is 11.3 Å². The van der Waals surface area contributed by atoms with Crippen molar-refractivity contribution < 1.29 is 8.42 Å². The van der Waals surface area contributed by atoms with Crippen molar-refractivity contribution in [3.8, 4) is 6.07 Å². The molecule has 82 valence electrons. The molecule has 0 bridgehead atoms. The van der Waals surface area contributed by atoms with E-state index in [0.29, 0.717) is 22.0 Å². The van der Waals surface area contributed by atoms with Gasteiger partial charge in [0.2, 0.25) is 0 Å². The van der Waals surface area contributed by atoms with Crippen LogP contribution in [0.4, 0.5) is 0 Å². The predicted octanol–water partition coefficient (Wildman–Crippen LogP) is 1.51. The SMILES string of the molecule is CCc1nc(CS(=O)(=O)CC)sc1C#N. The molecule has 0 saturated carbocycles. The summed E-state index contributed by atoms with van der Waals surface area (Å²) in [5.74, 6) is 0.0543. The average molecular weight is 244 g/mol. The molecule has 4 nitrogen and oxygen atoms in total. The van der Waals surface area contributed by atoms with Gasteiger partial charge in [-0.25, -0.2) is 13.4 Å². The predicted molar refractivity (Wildman–Crippen MR) is 59.4 cm³/mol. The van der Waals surface area contributed by atoms with Crippen LogP contribution in [-0.4, -0.2) is 19.2 Å². The van der Waals surface area contributed by atoms with Gasteiger partial charge in [-0.15, -0.1) is 11.3 Å². The van der Waals surface area contributed by atoms with Gasteiger partial charge in [-0.2, -0.15) is 5.26 Å². The molecule has 0 aliphatic heterocycles. The molecule has 0 radical (unpaired) electrons. The minimum Gasteiger partial charge on any atom is -0.244 e. The van der Waals surface area contributed by atoms with E-state index in [9.17, 15) is 8.42 Å². The molecule has 0 aliphatic rings. The molecular weight excluding hydrogens is 232 g/mol. The van der Waals surface area contributed by atoms with Crippen molar-refractivity contribution in [1.29, 1.82) is 5.26 Å². The van der Waals surface area contributed by atoms with Crippen LogP contribution in [0.25, 0.3) is 0 Å². The Bertz CT molecular complexity index is 483. The topological polar surface area (TPSA) is 70.8 Å². The first-order valence-electron chi connectivity index (χ1n) is 4.61. The third kappa shape index (κ3) is 3.01. The fourth-order valence-corrected chi connectivity index (χ4v) is 3.24. The lowest BCUT2D eigenvalue weighted by atomic mass is 10.3. The van der Waals surface area contributed by atoms with Crippen LogP contribution in [0.15, 0.2) is 0 Å². The highest BCUT2D eigenvalue weighted by Crippen LogP contribution is 2.20. The van der Waals surface area contributed by atoms with Crippen LogP contribution in [0.1, 0.15) is 29.4 Å². The molecule has 0 atom stereocenters. The first kappa shape index (κ1) is 12.1. The molecule has 15 heavy (non-hydrogen) atoms. The fraction of sp³-hybridized carbons (Fsp3) is 0.556. The lowest BCUT2D eigenvalue weighted by Crippen LogP contribution is -2.06. The summed E-state index contributed by atoms with van der Waals surface area (Å²) in [6.07, 6.45) is 0.658. The van der Waals surface area contributed by atoms with Crippen LogP contribution in [0.2, 0.25) is 0 Å². The molecule has 0 unspecified atom stereocenters. The minimum absolute atomic E-state index is 0.0527. The van der Waals surface area contributed by atoms with E-state index >= 15 is 0 Å². The van der Waals surface area contributed by atoms with Gasteiger partial charge in [0.25, 0.3) is 0 Å². The first-order chi connectivity index (χ1) is 7.02. The van der Waals surface area contributed by atoms with Crippen molar-refractivity contribution in [2.75, 3.05) is 5.75 Å². The lowest BCUT2D eigenvalue weighted by Gasteiger charge is -1.95. The number of hydrogen-bond donors (Lipinski definition) is 0. The van der Waals surface area contributed by atoms with Crippen LogP contribution >= 0.6 is 11.3 Å². The minimum atomic E-state index is -3.05. The molecule has 1 heterocycles. The Morgan fingerprint density at radius 3 is 2.53 bits per heavy atom. The molecule has 0 aliphatic carbocycles. The fourth-order valence-electron chi connectivity index (χ4n) is 1.08. The molecule has 6 heteroatoms. The Hall–Kier alpha value is -0.930. The van der Waals surface area contributed by atoms with E-state index in [1.54, 1.807) is 6.92 Å². The van der Waals surface area contributed by atoms with Crippen LogP contribution in [0.5, 0.6) is 0 Å². The molecule has 0 aromatic carbocycles. The highest BCUT2D eigenvalue weighted by atomic mass is 32.2. The van der Waals surface area contributed by atoms with Gasteiger partial charge in [0, 0.05) is 5.75 Å². The number of aryl methyl sites for hydroxylation is 1. The van der Waals surface area contributed by atoms with Gasteiger partial charge in [0.15, 0.2) is 9.84 Å². The summed E-state index contributed by atoms with van der Waals surface area (Å²) in [4.78, 5) is 4.68. The maximum Gasteiger partial charge on any atom is 0.156 e. The zero-order chi connectivity index (χ0) is 11.5. The number of aromatic nitrogens is 1. The molecule has 0 saturated heterocycles. The Kier molecular flexibility index (Phi) is 3.83. The summed E-state index contributed by atoms with van der Waals surface area (Å²) >= 11 is 1.17. The molecular formula is C9H12N2O2S2. The molecule has 0 fully saturated rings. The van der Waals surface area contributed by atoms with Gasteiger partial charge in [-0.1, -0.05) is 13.8 Å². The molecule has 1 aromatic heterocycles. The summed E-state index contributed by atoms with van der Waals surface area (Å²) < 4.78 is 22.7. The van der Waals surface area contributed by atoms with E-state index in [-0.39, 0.29) is 11.5 Å². The summed E-state index contributed by atoms with van der Waals surface area (Å²) in [6, 6.07) is 2.03. The van der Waals surface area contributed by atoms with Gasteiger partial charge in [0.1, 0.15) is 21.7 Å². The van der Waals surface area contributed by atoms with Crippen molar-refractivity contribution in [2.24, 2.45) is 0 Å². The first-order valence-corrected chi connectivity index (χ1v) is 7.25. The van der Waals surface area contributed by atoms with E-state index in [1.807, 2.05) is 13.0 Å². The number of sulfone groups is 1. The van der Waals surface area contributed by atoms with Crippen molar-refractivity contribution in [2.45, 2.75) is 26.0 Å². The van der Waals surface area contributed by atoms with E-state index in [1.165, 1.54) is 11.3 Å². The molecule has 0 N–H and O–H groups in total. The Balaban J connectivity index is 2.99. The summed E-state index contributed by atoms with van der Waals surface area (Å²) in [7, 11) is -3.05. The van der Waals surface area contributed by atoms with Gasteiger partial charge >= 0.3 is 0 Å². The van der Waals surface area contributed by atoms with E-state index in [0.717, 1.165) is 0 Å². The maximum absolute atomic E-state index is 11.3. The summed E-state index contributed by atoms with van der Waals surface area (Å²) in [5, 5.41) is 9.31. The third-order valence-electron chi connectivity index (χ3n) is 1.96. The third-order valence-corrected chi connectivity index (χ3v) is 4.74. The standard InChI is InChI=1S/C9H12N2O2S2/c1-3-7-8(5-10)14-9(11-7)6-15(12,13)4-2/h3-4,6H2,1-2H3. The second-order valence-electron chi connectivity index (χ2n) is 3.03. The zero-order valence-corrected chi connectivity index (χ0v) is 10.3. The number of nitrogens with zero attached hydrogens (tertiary/aromatic N) is 2. The maximum atomic E-state index is 11.3. The number of thiazole rings is 1. The largest absolute Gasteiger partial charge is 0.244 e. The van der Waals surface area contributed by atoms with E-state index < -0.39 is 9.84 Å². The summed E-state index contributed by atoms with van der Waals surface area (Å²) in [5.41, 5.74) is 0.698. The highest BCUT2D eigenvalue weighted by molar-refractivity contribution is 7.90. The van der Waals surface area contributed by atoms with Gasteiger partial charge in [-0.05, 0) is 6.42 Å². The van der Waals surface area contributed by atoms with Crippen LogP contribution in [0.3, 0.4) is 0 Å². The second-order valence-corrected chi connectivity index (χ2v) is 6.46. The summed E-state index contributed by atoms with van der Waals surface area (Å²) in [6.45, 7) is 3.50. The zero-order valence-electron chi connectivity index (χ0n) is 8.65. The second kappa shape index (κ2) is 4.73. The average Bonchev–Trinajstić information content (AvgIpc) is 2.59. The normalized spacial score (nSPS) is 11.3. The number of rotatable bonds is 4. The van der Waals surface area contributed by atoms with Gasteiger partial charge in [0.05, 0.1) is 5.69 Å². The van der Waals surface area contributed by atoms with Crippen molar-refractivity contribution in [3.63, 3.8) is 0 Å². The van der Waals surface area contributed by atoms with Crippen LogP contribution in [-0.2, 0) is 22.0 Å². The smallest absolute Gasteiger partial charge is 0.156 e. The molecule has 1 rings (SSSR count). The van der Waals surface area contributed by atoms with Crippen LogP contribution < -0.4 is 0 Å². The molecule has 0 spiro atoms. The highest BCUT2D eigenvalue weighted by Gasteiger charge is 2.15. The monoisotopic (exact) mass is 244 g/mol. The van der Waals surface area contributed by atoms with Gasteiger partial charge < -0.3 is 0 Å². The van der Waals surface area contributed by atoms with E-state index in [4.69, 9.17) is 5.26 Å². The Labute approximate surface area is 93.5 Å². The van der Waals surface area contributed by atoms with Crippen molar-refractivity contribution in [1.82, 2.24) is 4.98 Å². The Morgan fingerprint density at radius 1 is 1.47 bits per heavy atom. The molecule has 1 aromatic rings. The van der Waals surface area contributed by atoms with Crippen molar-refractivity contribution in [3.05, 3.63) is 15.6 Å². The van der Waals surface area contributed by atoms with E-state index in [2.05, 4.69) is 4.98 Å². The Morgan fingerprint density at radius 2 is 2.13 bits per heavy atom. The quantitative estimate of drug-likeness (QED) is 0.805.